The van der Waals surface area contributed by atoms with Crippen LogP contribution in [0.2, 0.25) is 0 Å². The lowest BCUT2D eigenvalue weighted by molar-refractivity contribution is -0.120. The molecule has 0 atom stereocenters. The Morgan fingerprint density at radius 1 is 1.00 bits per heavy atom. The first-order valence-electron chi connectivity index (χ1n) is 7.67. The molecule has 1 amide bonds. The Balaban J connectivity index is 1.83. The first kappa shape index (κ1) is 15.4. The van der Waals surface area contributed by atoms with Crippen LogP contribution in [0.3, 0.4) is 0 Å². The number of carbonyl (C=O) groups excluding carboxylic acids is 1. The smallest absolute Gasteiger partial charge is 0.234 e. The van der Waals surface area contributed by atoms with Crippen LogP contribution in [-0.4, -0.2) is 12.7 Å². The Morgan fingerprint density at radius 2 is 1.74 bits per heavy atom. The summed E-state index contributed by atoms with van der Waals surface area (Å²) < 4.78 is 10.7. The number of nitrogens with one attached hydrogen (secondary N) is 1. The molecule has 0 fully saturated rings. The van der Waals surface area contributed by atoms with Gasteiger partial charge in [-0.2, -0.15) is 0 Å². The van der Waals surface area contributed by atoms with Crippen LogP contribution < -0.4 is 14.8 Å². The second-order valence-corrected chi connectivity index (χ2v) is 6.45. The summed E-state index contributed by atoms with van der Waals surface area (Å²) in [6.07, 6.45) is 0. The van der Waals surface area contributed by atoms with E-state index in [9.17, 15) is 4.79 Å². The van der Waals surface area contributed by atoms with Crippen LogP contribution >= 0.6 is 0 Å². The summed E-state index contributed by atoms with van der Waals surface area (Å²) in [7, 11) is 0. The normalized spacial score (nSPS) is 13.0. The lowest BCUT2D eigenvalue weighted by atomic mass is 9.83. The summed E-state index contributed by atoms with van der Waals surface area (Å²) in [5.41, 5.74) is 3.39. The van der Waals surface area contributed by atoms with Crippen LogP contribution in [0.1, 0.15) is 30.5 Å². The predicted molar refractivity (Wildman–Crippen MR) is 90.1 cm³/mol. The van der Waals surface area contributed by atoms with Crippen molar-refractivity contribution in [1.29, 1.82) is 0 Å². The van der Waals surface area contributed by atoms with Crippen LogP contribution in [-0.2, 0) is 10.2 Å². The second-order valence-electron chi connectivity index (χ2n) is 6.45. The molecule has 0 bridgehead atoms. The van der Waals surface area contributed by atoms with Crippen molar-refractivity contribution in [3.8, 4) is 11.5 Å². The first-order valence-corrected chi connectivity index (χ1v) is 7.67. The van der Waals surface area contributed by atoms with Gasteiger partial charge in [-0.25, -0.2) is 0 Å². The quantitative estimate of drug-likeness (QED) is 0.933. The highest BCUT2D eigenvalue weighted by Gasteiger charge is 2.31. The molecule has 0 radical (unpaired) electrons. The van der Waals surface area contributed by atoms with E-state index in [1.807, 2.05) is 57.2 Å². The van der Waals surface area contributed by atoms with E-state index in [4.69, 9.17) is 9.47 Å². The predicted octanol–water partition coefficient (Wildman–Crippen LogP) is 3.95. The van der Waals surface area contributed by atoms with E-state index in [-0.39, 0.29) is 12.7 Å². The van der Waals surface area contributed by atoms with Gasteiger partial charge >= 0.3 is 0 Å². The van der Waals surface area contributed by atoms with Gasteiger partial charge in [-0.15, -0.1) is 0 Å². The third-order valence-electron chi connectivity index (χ3n) is 4.43. The molecule has 120 valence electrons. The van der Waals surface area contributed by atoms with Crippen molar-refractivity contribution in [2.45, 2.75) is 33.1 Å². The molecule has 3 rings (SSSR count). The van der Waals surface area contributed by atoms with Crippen molar-refractivity contribution >= 4 is 11.6 Å². The number of hydrogen-bond donors (Lipinski definition) is 1. The number of anilines is 1. The highest BCUT2D eigenvalue weighted by Crippen LogP contribution is 2.36. The maximum atomic E-state index is 12.7. The lowest BCUT2D eigenvalue weighted by Crippen LogP contribution is -2.34. The summed E-state index contributed by atoms with van der Waals surface area (Å²) in [6.45, 7) is 8.13. The molecule has 4 heteroatoms. The maximum Gasteiger partial charge on any atom is 0.234 e. The van der Waals surface area contributed by atoms with Crippen LogP contribution in [0, 0.1) is 13.8 Å². The van der Waals surface area contributed by atoms with Gasteiger partial charge in [0, 0.05) is 5.69 Å². The largest absolute Gasteiger partial charge is 0.454 e. The molecular formula is C19H21NO3. The minimum Gasteiger partial charge on any atom is -0.454 e. The molecule has 2 aromatic rings. The van der Waals surface area contributed by atoms with Gasteiger partial charge in [0.1, 0.15) is 0 Å². The SMILES string of the molecule is Cc1ccc(NC(=O)C(C)(C)c2ccc3c(c2)OCO3)cc1C. The first-order chi connectivity index (χ1) is 10.9. The van der Waals surface area contributed by atoms with Crippen molar-refractivity contribution in [1.82, 2.24) is 0 Å². The van der Waals surface area contributed by atoms with Gasteiger partial charge in [0.25, 0.3) is 0 Å². The number of carbonyl (C=O) groups is 1. The molecule has 4 nitrogen and oxygen atoms in total. The second kappa shape index (κ2) is 5.61. The molecule has 0 saturated heterocycles. The zero-order valence-electron chi connectivity index (χ0n) is 13.9. The highest BCUT2D eigenvalue weighted by atomic mass is 16.7. The molecule has 1 heterocycles. The van der Waals surface area contributed by atoms with E-state index >= 15 is 0 Å². The summed E-state index contributed by atoms with van der Waals surface area (Å²) in [4.78, 5) is 12.7. The standard InChI is InChI=1S/C19H21NO3/c1-12-5-7-15(9-13(12)2)20-18(21)19(3,4)14-6-8-16-17(10-14)23-11-22-16/h5-10H,11H2,1-4H3,(H,20,21). The average Bonchev–Trinajstić information content (AvgIpc) is 2.98. The zero-order chi connectivity index (χ0) is 16.6. The van der Waals surface area contributed by atoms with Crippen molar-refractivity contribution in [3.63, 3.8) is 0 Å². The van der Waals surface area contributed by atoms with Crippen molar-refractivity contribution in [2.75, 3.05) is 12.1 Å². The van der Waals surface area contributed by atoms with Gasteiger partial charge in [0.05, 0.1) is 5.41 Å². The molecular weight excluding hydrogens is 290 g/mol. The molecule has 23 heavy (non-hydrogen) atoms. The summed E-state index contributed by atoms with van der Waals surface area (Å²) in [6, 6.07) is 11.6. The maximum absolute atomic E-state index is 12.7. The number of aryl methyl sites for hydroxylation is 2. The fraction of sp³-hybridized carbons (Fsp3) is 0.316. The third-order valence-corrected chi connectivity index (χ3v) is 4.43. The van der Waals surface area contributed by atoms with Crippen molar-refractivity contribution < 1.29 is 14.3 Å². The molecule has 1 N–H and O–H groups in total. The lowest BCUT2D eigenvalue weighted by Gasteiger charge is -2.24. The zero-order valence-corrected chi connectivity index (χ0v) is 13.9. The van der Waals surface area contributed by atoms with E-state index in [0.717, 1.165) is 22.6 Å². The summed E-state index contributed by atoms with van der Waals surface area (Å²) in [5, 5.41) is 3.01. The molecule has 0 saturated carbocycles. The van der Waals surface area contributed by atoms with E-state index in [1.54, 1.807) is 0 Å². The number of rotatable bonds is 3. The van der Waals surface area contributed by atoms with Crippen LogP contribution in [0.15, 0.2) is 36.4 Å². The number of amides is 1. The Labute approximate surface area is 136 Å². The van der Waals surface area contributed by atoms with Crippen molar-refractivity contribution in [3.05, 3.63) is 53.1 Å². The van der Waals surface area contributed by atoms with E-state index in [1.165, 1.54) is 5.56 Å². The Kier molecular flexibility index (Phi) is 3.76. The third kappa shape index (κ3) is 2.89. The summed E-state index contributed by atoms with van der Waals surface area (Å²) >= 11 is 0. The van der Waals surface area contributed by atoms with Crippen LogP contribution in [0.4, 0.5) is 5.69 Å². The average molecular weight is 311 g/mol. The van der Waals surface area contributed by atoms with Crippen molar-refractivity contribution in [2.24, 2.45) is 0 Å². The fourth-order valence-electron chi connectivity index (χ4n) is 2.52. The van der Waals surface area contributed by atoms with Gasteiger partial charge in [0.15, 0.2) is 11.5 Å². The molecule has 0 spiro atoms. The summed E-state index contributed by atoms with van der Waals surface area (Å²) in [5.74, 6) is 1.35. The van der Waals surface area contributed by atoms with Gasteiger partial charge in [-0.3, -0.25) is 4.79 Å². The highest BCUT2D eigenvalue weighted by molar-refractivity contribution is 5.98. The molecule has 1 aliphatic heterocycles. The number of benzene rings is 2. The van der Waals surface area contributed by atoms with Gasteiger partial charge in [-0.1, -0.05) is 12.1 Å². The Bertz CT molecular complexity index is 765. The Hall–Kier alpha value is -2.49. The minimum absolute atomic E-state index is 0.0559. The van der Waals surface area contributed by atoms with E-state index < -0.39 is 5.41 Å². The fourth-order valence-corrected chi connectivity index (χ4v) is 2.52. The molecule has 0 unspecified atom stereocenters. The number of fused-ring (bicyclic) bond motifs is 1. The number of ether oxygens (including phenoxy) is 2. The molecule has 0 aromatic heterocycles. The molecule has 0 aliphatic carbocycles. The van der Waals surface area contributed by atoms with Crippen LogP contribution in [0.25, 0.3) is 0 Å². The Morgan fingerprint density at radius 3 is 2.48 bits per heavy atom. The minimum atomic E-state index is -0.681. The van der Waals surface area contributed by atoms with Gasteiger partial charge in [-0.05, 0) is 68.7 Å². The van der Waals surface area contributed by atoms with Crippen LogP contribution in [0.5, 0.6) is 11.5 Å². The topological polar surface area (TPSA) is 47.6 Å². The molecule has 1 aliphatic rings. The molecule has 2 aromatic carbocycles. The van der Waals surface area contributed by atoms with E-state index in [2.05, 4.69) is 12.2 Å². The number of hydrogen-bond acceptors (Lipinski definition) is 3. The monoisotopic (exact) mass is 311 g/mol. The van der Waals surface area contributed by atoms with Gasteiger partial charge in [0.2, 0.25) is 12.7 Å². The van der Waals surface area contributed by atoms with Gasteiger partial charge < -0.3 is 14.8 Å². The van der Waals surface area contributed by atoms with E-state index in [0.29, 0.717) is 5.75 Å².